The van der Waals surface area contributed by atoms with Gasteiger partial charge in [-0.05, 0) is 88.4 Å². The lowest BCUT2D eigenvalue weighted by Crippen LogP contribution is -2.30. The summed E-state index contributed by atoms with van der Waals surface area (Å²) in [4.78, 5) is 0. The Morgan fingerprint density at radius 3 is 1.94 bits per heavy atom. The van der Waals surface area contributed by atoms with Gasteiger partial charge in [-0.25, -0.2) is 4.57 Å². The van der Waals surface area contributed by atoms with Gasteiger partial charge in [0, 0.05) is 32.0 Å². The molecular weight excluding hydrogens is 649 g/mol. The van der Waals surface area contributed by atoms with Crippen LogP contribution in [-0.2, 0) is 7.05 Å². The van der Waals surface area contributed by atoms with Crippen molar-refractivity contribution in [2.24, 2.45) is 7.05 Å². The molecule has 0 spiro atoms. The van der Waals surface area contributed by atoms with E-state index in [1.807, 2.05) is 11.3 Å². The van der Waals surface area contributed by atoms with Crippen LogP contribution >= 0.6 is 11.3 Å². The van der Waals surface area contributed by atoms with Crippen LogP contribution in [0.1, 0.15) is 56.2 Å². The summed E-state index contributed by atoms with van der Waals surface area (Å²) < 4.78 is 7.77. The second-order valence-electron chi connectivity index (χ2n) is 14.8. The van der Waals surface area contributed by atoms with E-state index >= 15 is 0 Å². The first-order valence-electron chi connectivity index (χ1n) is 18.5. The maximum absolute atomic E-state index is 2.65. The highest BCUT2D eigenvalue weighted by Crippen LogP contribution is 2.47. The summed E-state index contributed by atoms with van der Waals surface area (Å²) in [5, 5.41) is 5.17. The van der Waals surface area contributed by atoms with Crippen molar-refractivity contribution < 1.29 is 4.57 Å². The van der Waals surface area contributed by atoms with Crippen molar-refractivity contribution in [2.75, 3.05) is 0 Å². The summed E-state index contributed by atoms with van der Waals surface area (Å²) in [5.74, 6) is 1.83. The van der Waals surface area contributed by atoms with E-state index in [-0.39, 0.29) is 0 Å². The average Bonchev–Trinajstić information content (AvgIpc) is 3.69. The van der Waals surface area contributed by atoms with Crippen LogP contribution in [0.5, 0.6) is 0 Å². The molecule has 0 aliphatic rings. The van der Waals surface area contributed by atoms with Crippen molar-refractivity contribution in [3.63, 3.8) is 0 Å². The fourth-order valence-electron chi connectivity index (χ4n) is 8.36. The first-order valence-corrected chi connectivity index (χ1v) is 19.3. The first-order chi connectivity index (χ1) is 25.3. The van der Waals surface area contributed by atoms with Gasteiger partial charge in [-0.2, -0.15) is 4.57 Å². The van der Waals surface area contributed by atoms with Crippen molar-refractivity contribution in [3.8, 4) is 39.3 Å². The third kappa shape index (κ3) is 5.02. The van der Waals surface area contributed by atoms with Gasteiger partial charge in [-0.3, -0.25) is 0 Å². The predicted octanol–water partition coefficient (Wildman–Crippen LogP) is 13.5. The van der Waals surface area contributed by atoms with Crippen molar-refractivity contribution in [2.45, 2.75) is 46.5 Å². The number of hydrogen-bond acceptors (Lipinski definition) is 1. The van der Waals surface area contributed by atoms with Gasteiger partial charge < -0.3 is 0 Å². The molecule has 0 unspecified atom stereocenters. The topological polar surface area (TPSA) is 8.81 Å². The molecule has 0 saturated heterocycles. The normalized spacial score (nSPS) is 12.0. The van der Waals surface area contributed by atoms with Gasteiger partial charge in [0.25, 0.3) is 5.82 Å². The Morgan fingerprint density at radius 1 is 0.596 bits per heavy atom. The van der Waals surface area contributed by atoms with Gasteiger partial charge >= 0.3 is 0 Å². The van der Waals surface area contributed by atoms with Crippen LogP contribution in [0.15, 0.2) is 140 Å². The molecule has 52 heavy (non-hydrogen) atoms. The summed E-state index contributed by atoms with van der Waals surface area (Å²) in [6.45, 7) is 11.7. The zero-order chi connectivity index (χ0) is 35.7. The van der Waals surface area contributed by atoms with Crippen molar-refractivity contribution in [1.29, 1.82) is 0 Å². The van der Waals surface area contributed by atoms with Gasteiger partial charge in [0.05, 0.1) is 17.3 Å². The molecule has 0 aliphatic carbocycles. The minimum absolute atomic E-state index is 0.302. The molecule has 0 atom stereocenters. The van der Waals surface area contributed by atoms with E-state index in [9.17, 15) is 0 Å². The summed E-state index contributed by atoms with van der Waals surface area (Å²) in [5.41, 5.74) is 14.2. The second kappa shape index (κ2) is 12.6. The van der Waals surface area contributed by atoms with Gasteiger partial charge in [0.1, 0.15) is 5.69 Å². The SMILES string of the molecule is Cc1ccc2c(sc3cccc(-c4ccccc4)c32)c1-c1n(-c2c(C(C)C)cc(-c3ccccc3)cc2C(C)C)c2c3ccccc3ccc2[n+]1C. The standard InChI is InChI=1S/C49H43N2S/c1-30(2)40-28-36(33-16-9-7-10-17-33)29-41(31(3)4)46(40)51-47-38-21-14-13-20-35(38)25-27-42(47)50(6)49(51)44-32(5)24-26-39-45-37(34-18-11-8-12-19-34)22-15-23-43(45)52-48(39)44/h7-31H,1-6H3/q+1. The van der Waals surface area contributed by atoms with Crippen LogP contribution < -0.4 is 4.57 Å². The third-order valence-electron chi connectivity index (χ3n) is 10.9. The van der Waals surface area contributed by atoms with Crippen LogP contribution in [-0.4, -0.2) is 4.57 Å². The lowest BCUT2D eigenvalue weighted by atomic mass is 9.88. The number of nitrogens with zero attached hydrogens (tertiary/aromatic N) is 2. The summed E-state index contributed by atoms with van der Waals surface area (Å²) in [6, 6.07) is 51.7. The Kier molecular flexibility index (Phi) is 7.86. The van der Waals surface area contributed by atoms with Crippen LogP contribution in [0.3, 0.4) is 0 Å². The molecule has 2 nitrogen and oxygen atoms in total. The van der Waals surface area contributed by atoms with Gasteiger partial charge in [0.15, 0.2) is 11.0 Å². The van der Waals surface area contributed by atoms with Gasteiger partial charge in [-0.1, -0.05) is 131 Å². The fraction of sp³-hybridized carbons (Fsp3) is 0.163. The lowest BCUT2D eigenvalue weighted by molar-refractivity contribution is -0.633. The molecule has 0 saturated carbocycles. The highest BCUT2D eigenvalue weighted by molar-refractivity contribution is 7.26. The van der Waals surface area contributed by atoms with E-state index in [2.05, 4.69) is 190 Å². The monoisotopic (exact) mass is 691 g/mol. The van der Waals surface area contributed by atoms with Crippen molar-refractivity contribution in [1.82, 2.24) is 4.57 Å². The van der Waals surface area contributed by atoms with Crippen LogP contribution in [0.4, 0.5) is 0 Å². The predicted molar refractivity (Wildman–Crippen MR) is 224 cm³/mol. The minimum atomic E-state index is 0.302. The fourth-order valence-corrected chi connectivity index (χ4v) is 9.68. The molecule has 0 aliphatic heterocycles. The smallest absolute Gasteiger partial charge is 0.225 e. The zero-order valence-corrected chi connectivity index (χ0v) is 31.6. The van der Waals surface area contributed by atoms with E-state index in [0.717, 1.165) is 0 Å². The van der Waals surface area contributed by atoms with E-state index < -0.39 is 0 Å². The molecule has 0 radical (unpaired) electrons. The number of rotatable bonds is 6. The Bertz CT molecular complexity index is 2770. The molecule has 254 valence electrons. The number of fused-ring (bicyclic) bond motifs is 6. The molecule has 0 bridgehead atoms. The minimum Gasteiger partial charge on any atom is -0.225 e. The van der Waals surface area contributed by atoms with E-state index in [4.69, 9.17) is 0 Å². The molecule has 2 heterocycles. The number of benzene rings is 7. The molecule has 2 aromatic heterocycles. The van der Waals surface area contributed by atoms with Crippen LogP contribution in [0, 0.1) is 6.92 Å². The number of hydrogen-bond donors (Lipinski definition) is 0. The van der Waals surface area contributed by atoms with Gasteiger partial charge in [-0.15, -0.1) is 11.3 Å². The molecule has 0 N–H and O–H groups in total. The van der Waals surface area contributed by atoms with Gasteiger partial charge in [0.2, 0.25) is 0 Å². The van der Waals surface area contributed by atoms with E-state index in [0.29, 0.717) is 11.8 Å². The summed E-state index contributed by atoms with van der Waals surface area (Å²) in [7, 11) is 2.27. The molecule has 0 amide bonds. The Balaban J connectivity index is 1.47. The van der Waals surface area contributed by atoms with Crippen LogP contribution in [0.25, 0.3) is 81.3 Å². The summed E-state index contributed by atoms with van der Waals surface area (Å²) >= 11 is 1.93. The largest absolute Gasteiger partial charge is 0.296 e. The van der Waals surface area contributed by atoms with Crippen LogP contribution in [0.2, 0.25) is 0 Å². The molecule has 0 fully saturated rings. The average molecular weight is 692 g/mol. The van der Waals surface area contributed by atoms with E-state index in [1.54, 1.807) is 0 Å². The molecule has 3 heteroatoms. The zero-order valence-electron chi connectivity index (χ0n) is 30.7. The Hall–Kier alpha value is -5.51. The lowest BCUT2D eigenvalue weighted by Gasteiger charge is -2.21. The number of aromatic nitrogens is 2. The third-order valence-corrected chi connectivity index (χ3v) is 12.1. The number of aryl methyl sites for hydroxylation is 2. The highest BCUT2D eigenvalue weighted by Gasteiger charge is 2.34. The maximum atomic E-state index is 2.65. The quantitative estimate of drug-likeness (QED) is 0.154. The number of thiophene rings is 1. The van der Waals surface area contributed by atoms with Crippen molar-refractivity contribution >= 4 is 53.3 Å². The summed E-state index contributed by atoms with van der Waals surface area (Å²) in [6.07, 6.45) is 0. The molecule has 9 aromatic rings. The second-order valence-corrected chi connectivity index (χ2v) is 15.9. The highest BCUT2D eigenvalue weighted by atomic mass is 32.1. The van der Waals surface area contributed by atoms with E-state index in [1.165, 1.54) is 98.0 Å². The maximum Gasteiger partial charge on any atom is 0.296 e. The molecular formula is C49H43N2S+. The number of imidazole rings is 1. The first kappa shape index (κ1) is 32.4. The Morgan fingerprint density at radius 2 is 1.25 bits per heavy atom. The molecule has 7 aromatic carbocycles. The molecule has 9 rings (SSSR count). The van der Waals surface area contributed by atoms with Crippen molar-refractivity contribution in [3.05, 3.63) is 156 Å². The Labute approximate surface area is 310 Å².